The maximum Gasteiger partial charge on any atom is 0.410 e. The number of ether oxygens (including phenoxy) is 4. The third kappa shape index (κ3) is 8.54. The summed E-state index contributed by atoms with van der Waals surface area (Å²) < 4.78 is 22.5. The van der Waals surface area contributed by atoms with E-state index in [-0.39, 0.29) is 30.1 Å². The van der Waals surface area contributed by atoms with Crippen LogP contribution >= 0.6 is 0 Å². The van der Waals surface area contributed by atoms with Gasteiger partial charge in [0.1, 0.15) is 6.10 Å². The summed E-state index contributed by atoms with van der Waals surface area (Å²) in [6.07, 6.45) is 2.42. The minimum atomic E-state index is -0.359. The molecule has 2 saturated heterocycles. The molecular weight excluding hydrogens is 548 g/mol. The van der Waals surface area contributed by atoms with Gasteiger partial charge in [-0.3, -0.25) is 4.79 Å². The molecular formula is C33H48N4O6. The Kier molecular flexibility index (Phi) is 11.9. The molecule has 0 aromatic heterocycles. The second-order valence-electron chi connectivity index (χ2n) is 11.6. The number of rotatable bonds is 14. The van der Waals surface area contributed by atoms with Gasteiger partial charge in [0.25, 0.3) is 5.91 Å². The summed E-state index contributed by atoms with van der Waals surface area (Å²) in [5, 5.41) is 3.36. The van der Waals surface area contributed by atoms with Crippen molar-refractivity contribution in [2.24, 2.45) is 5.92 Å². The van der Waals surface area contributed by atoms with Gasteiger partial charge in [0.2, 0.25) is 0 Å². The van der Waals surface area contributed by atoms with E-state index in [2.05, 4.69) is 28.4 Å². The molecule has 0 aliphatic carbocycles. The zero-order valence-electron chi connectivity index (χ0n) is 26.3. The minimum Gasteiger partial charge on any atom is -0.493 e. The van der Waals surface area contributed by atoms with E-state index in [1.807, 2.05) is 24.8 Å². The summed E-state index contributed by atoms with van der Waals surface area (Å²) >= 11 is 0. The summed E-state index contributed by atoms with van der Waals surface area (Å²) in [6.45, 7) is 9.27. The van der Waals surface area contributed by atoms with Crippen molar-refractivity contribution in [1.29, 1.82) is 0 Å². The van der Waals surface area contributed by atoms with Gasteiger partial charge in [-0.25, -0.2) is 4.79 Å². The van der Waals surface area contributed by atoms with Crippen LogP contribution in [0.25, 0.3) is 0 Å². The molecule has 2 atom stereocenters. The molecule has 1 N–H and O–H groups in total. The van der Waals surface area contributed by atoms with E-state index in [1.54, 1.807) is 44.4 Å². The highest BCUT2D eigenvalue weighted by Gasteiger charge is 2.35. The van der Waals surface area contributed by atoms with Crippen molar-refractivity contribution in [1.82, 2.24) is 15.1 Å². The molecule has 2 aliphatic rings. The lowest BCUT2D eigenvalue weighted by molar-refractivity contribution is 0.0403. The lowest BCUT2D eigenvalue weighted by Crippen LogP contribution is -2.44. The maximum atomic E-state index is 13.8. The SMILES string of the molecule is COCCCOc1cc(C(=O)N(C[C@@H]2CNC[C@H]2OC(=O)N(C)Cc2ccccc2N2CCCC2)C(C)C)ccc1OC. The molecule has 2 fully saturated rings. The average Bonchev–Trinajstić information content (AvgIpc) is 3.70. The predicted octanol–water partition coefficient (Wildman–Crippen LogP) is 4.42. The Balaban J connectivity index is 1.39. The quantitative estimate of drug-likeness (QED) is 0.321. The van der Waals surface area contributed by atoms with Crippen molar-refractivity contribution in [3.63, 3.8) is 0 Å². The number of benzene rings is 2. The zero-order valence-corrected chi connectivity index (χ0v) is 26.3. The van der Waals surface area contributed by atoms with Crippen LogP contribution in [0, 0.1) is 5.92 Å². The smallest absolute Gasteiger partial charge is 0.410 e. The Morgan fingerprint density at radius 2 is 1.79 bits per heavy atom. The average molecular weight is 597 g/mol. The van der Waals surface area contributed by atoms with Crippen LogP contribution in [-0.2, 0) is 16.0 Å². The van der Waals surface area contributed by atoms with Gasteiger partial charge in [-0.2, -0.15) is 0 Å². The van der Waals surface area contributed by atoms with E-state index in [0.717, 1.165) is 25.1 Å². The predicted molar refractivity (Wildman–Crippen MR) is 167 cm³/mol. The molecule has 4 rings (SSSR count). The number of nitrogens with zero attached hydrogens (tertiary/aromatic N) is 3. The summed E-state index contributed by atoms with van der Waals surface area (Å²) in [5.74, 6) is 0.955. The van der Waals surface area contributed by atoms with Gasteiger partial charge >= 0.3 is 6.09 Å². The number of nitrogens with one attached hydrogen (secondary N) is 1. The van der Waals surface area contributed by atoms with Crippen LogP contribution in [0.15, 0.2) is 42.5 Å². The minimum absolute atomic E-state index is 0.0383. The fourth-order valence-electron chi connectivity index (χ4n) is 5.73. The lowest BCUT2D eigenvalue weighted by Gasteiger charge is -2.32. The van der Waals surface area contributed by atoms with Gasteiger partial charge in [-0.15, -0.1) is 0 Å². The Hall–Kier alpha value is -3.50. The van der Waals surface area contributed by atoms with Gasteiger partial charge in [0.15, 0.2) is 11.5 Å². The molecule has 2 aromatic rings. The summed E-state index contributed by atoms with van der Waals surface area (Å²) in [6, 6.07) is 13.5. The first-order valence-electron chi connectivity index (χ1n) is 15.4. The fraction of sp³-hybridized carbons (Fsp3) is 0.576. The summed E-state index contributed by atoms with van der Waals surface area (Å²) in [4.78, 5) is 32.9. The monoisotopic (exact) mass is 596 g/mol. The summed E-state index contributed by atoms with van der Waals surface area (Å²) in [5.41, 5.74) is 2.82. The Morgan fingerprint density at radius 1 is 1.02 bits per heavy atom. The number of hydrogen-bond donors (Lipinski definition) is 1. The van der Waals surface area contributed by atoms with Gasteiger partial charge in [-0.1, -0.05) is 18.2 Å². The number of para-hydroxylation sites is 1. The van der Waals surface area contributed by atoms with E-state index in [4.69, 9.17) is 18.9 Å². The second kappa shape index (κ2) is 15.8. The number of carbonyl (C=O) groups excluding carboxylic acids is 2. The molecule has 10 nitrogen and oxygen atoms in total. The van der Waals surface area contributed by atoms with Crippen LogP contribution in [0.3, 0.4) is 0 Å². The fourth-order valence-corrected chi connectivity index (χ4v) is 5.73. The van der Waals surface area contributed by atoms with Crippen LogP contribution in [-0.4, -0.2) is 101 Å². The zero-order chi connectivity index (χ0) is 30.8. The standard InChI is InChI=1S/C33H48N4O6/c1-24(2)37(32(38)25-13-14-29(41-5)30(19-25)42-18-10-17-40-4)23-27-20-34-21-31(27)43-33(39)35(3)22-26-11-6-7-12-28(26)36-15-8-9-16-36/h6-7,11-14,19,24,27,31,34H,8-10,15-18,20-23H2,1-5H3/t27-,31+/m0/s1. The van der Waals surface area contributed by atoms with Crippen LogP contribution in [0.1, 0.15) is 49.0 Å². The van der Waals surface area contributed by atoms with Crippen molar-refractivity contribution < 1.29 is 28.5 Å². The van der Waals surface area contributed by atoms with Gasteiger partial charge in [0, 0.05) is 83.1 Å². The number of anilines is 1. The number of amides is 2. The Morgan fingerprint density at radius 3 is 2.51 bits per heavy atom. The summed E-state index contributed by atoms with van der Waals surface area (Å²) in [7, 11) is 5.01. The first-order chi connectivity index (χ1) is 20.8. The van der Waals surface area contributed by atoms with Crippen molar-refractivity contribution in [3.05, 3.63) is 53.6 Å². The third-order valence-electron chi connectivity index (χ3n) is 8.16. The molecule has 2 amide bonds. The molecule has 0 radical (unpaired) electrons. The highest BCUT2D eigenvalue weighted by Crippen LogP contribution is 2.30. The van der Waals surface area contributed by atoms with Crippen molar-refractivity contribution in [2.75, 3.05) is 72.1 Å². The number of methoxy groups -OCH3 is 2. The molecule has 10 heteroatoms. The molecule has 43 heavy (non-hydrogen) atoms. The van der Waals surface area contributed by atoms with Crippen LogP contribution in [0.2, 0.25) is 0 Å². The van der Waals surface area contributed by atoms with E-state index in [1.165, 1.54) is 18.5 Å². The highest BCUT2D eigenvalue weighted by molar-refractivity contribution is 5.95. The van der Waals surface area contributed by atoms with Crippen LogP contribution < -0.4 is 19.7 Å². The van der Waals surface area contributed by atoms with Crippen molar-refractivity contribution in [3.8, 4) is 11.5 Å². The number of carbonyl (C=O) groups is 2. The van der Waals surface area contributed by atoms with E-state index in [0.29, 0.717) is 56.5 Å². The van der Waals surface area contributed by atoms with Gasteiger partial charge in [0.05, 0.1) is 20.3 Å². The first kappa shape index (κ1) is 32.4. The van der Waals surface area contributed by atoms with E-state index >= 15 is 0 Å². The lowest BCUT2D eigenvalue weighted by atomic mass is 10.0. The second-order valence-corrected chi connectivity index (χ2v) is 11.6. The molecule has 0 bridgehead atoms. The molecule has 2 aliphatic heterocycles. The van der Waals surface area contributed by atoms with E-state index in [9.17, 15) is 9.59 Å². The largest absolute Gasteiger partial charge is 0.493 e. The molecule has 236 valence electrons. The van der Waals surface area contributed by atoms with Crippen molar-refractivity contribution >= 4 is 17.7 Å². The number of hydrogen-bond acceptors (Lipinski definition) is 8. The highest BCUT2D eigenvalue weighted by atomic mass is 16.6. The van der Waals surface area contributed by atoms with Crippen LogP contribution in [0.4, 0.5) is 10.5 Å². The van der Waals surface area contributed by atoms with Gasteiger partial charge < -0.3 is 39.0 Å². The van der Waals surface area contributed by atoms with Crippen LogP contribution in [0.5, 0.6) is 11.5 Å². The molecule has 2 heterocycles. The molecule has 2 aromatic carbocycles. The van der Waals surface area contributed by atoms with Gasteiger partial charge in [-0.05, 0) is 56.5 Å². The Labute approximate surface area is 256 Å². The normalized spacial score (nSPS) is 18.1. The molecule has 0 spiro atoms. The first-order valence-corrected chi connectivity index (χ1v) is 15.4. The molecule has 0 saturated carbocycles. The van der Waals surface area contributed by atoms with Crippen molar-refractivity contribution in [2.45, 2.75) is 51.8 Å². The van der Waals surface area contributed by atoms with E-state index < -0.39 is 0 Å². The molecule has 0 unspecified atom stereocenters. The maximum absolute atomic E-state index is 13.8. The third-order valence-corrected chi connectivity index (χ3v) is 8.16. The Bertz CT molecular complexity index is 1200. The topological polar surface area (TPSA) is 92.8 Å².